The molecule has 2 fully saturated rings. The number of nitrogens with two attached hydrogens (primary N) is 1. The van der Waals surface area contributed by atoms with Crippen LogP contribution in [0.1, 0.15) is 32.1 Å². The first kappa shape index (κ1) is 9.44. The molecular weight excluding hydrogens is 162 g/mol. The second kappa shape index (κ2) is 4.40. The van der Waals surface area contributed by atoms with Gasteiger partial charge in [-0.05, 0) is 25.2 Å². The van der Waals surface area contributed by atoms with E-state index >= 15 is 0 Å². The van der Waals surface area contributed by atoms with Gasteiger partial charge in [0.05, 0.1) is 6.17 Å². The van der Waals surface area contributed by atoms with Crippen molar-refractivity contribution in [2.75, 3.05) is 19.8 Å². The maximum absolute atomic E-state index is 5.77. The van der Waals surface area contributed by atoms with Gasteiger partial charge in [-0.3, -0.25) is 10.2 Å². The maximum Gasteiger partial charge on any atom is 0.0568 e. The minimum Gasteiger partial charge on any atom is -0.316 e. The lowest BCUT2D eigenvalue weighted by Gasteiger charge is -2.32. The highest BCUT2D eigenvalue weighted by molar-refractivity contribution is 4.75. The van der Waals surface area contributed by atoms with Gasteiger partial charge in [0.2, 0.25) is 0 Å². The van der Waals surface area contributed by atoms with Crippen molar-refractivity contribution in [3.63, 3.8) is 0 Å². The number of nitrogens with zero attached hydrogens (tertiary/aromatic N) is 1. The van der Waals surface area contributed by atoms with E-state index in [-0.39, 0.29) is 6.17 Å². The first-order valence-electron chi connectivity index (χ1n) is 5.56. The largest absolute Gasteiger partial charge is 0.316 e. The van der Waals surface area contributed by atoms with Crippen molar-refractivity contribution in [1.82, 2.24) is 10.2 Å². The second-order valence-electron chi connectivity index (χ2n) is 4.48. The van der Waals surface area contributed by atoms with E-state index in [1.165, 1.54) is 38.8 Å². The van der Waals surface area contributed by atoms with E-state index in [0.717, 1.165) is 19.0 Å². The van der Waals surface area contributed by atoms with Crippen LogP contribution in [0.4, 0.5) is 0 Å². The molecular formula is C10H21N3. The van der Waals surface area contributed by atoms with E-state index in [0.29, 0.717) is 0 Å². The average Bonchev–Trinajstić information content (AvgIpc) is 2.62. The highest BCUT2D eigenvalue weighted by atomic mass is 15.3. The molecule has 1 saturated heterocycles. The molecule has 0 amide bonds. The standard InChI is InChI=1S/C10H21N3/c11-10-5-6-13(8-12-10)7-9-3-1-2-4-9/h9-10,12H,1-8,11H2. The van der Waals surface area contributed by atoms with Crippen LogP contribution in [0.3, 0.4) is 0 Å². The summed E-state index contributed by atoms with van der Waals surface area (Å²) >= 11 is 0. The number of hydrogen-bond acceptors (Lipinski definition) is 3. The molecule has 0 aromatic carbocycles. The third kappa shape index (κ3) is 2.66. The maximum atomic E-state index is 5.77. The van der Waals surface area contributed by atoms with Crippen molar-refractivity contribution >= 4 is 0 Å². The fourth-order valence-electron chi connectivity index (χ4n) is 2.46. The fraction of sp³-hybridized carbons (Fsp3) is 1.00. The van der Waals surface area contributed by atoms with Crippen LogP contribution in [0.15, 0.2) is 0 Å². The molecule has 1 unspecified atom stereocenters. The van der Waals surface area contributed by atoms with Crippen LogP contribution in [0, 0.1) is 5.92 Å². The molecule has 3 N–H and O–H groups in total. The Morgan fingerprint density at radius 3 is 2.62 bits per heavy atom. The van der Waals surface area contributed by atoms with Crippen LogP contribution < -0.4 is 11.1 Å². The summed E-state index contributed by atoms with van der Waals surface area (Å²) in [6.07, 6.45) is 7.13. The molecule has 0 radical (unpaired) electrons. The SMILES string of the molecule is NC1CCN(CC2CCCC2)CN1. The van der Waals surface area contributed by atoms with Crippen LogP contribution >= 0.6 is 0 Å². The lowest BCUT2D eigenvalue weighted by Crippen LogP contribution is -2.52. The molecule has 1 aliphatic heterocycles. The Balaban J connectivity index is 1.69. The van der Waals surface area contributed by atoms with Crippen molar-refractivity contribution in [1.29, 1.82) is 0 Å². The average molecular weight is 183 g/mol. The highest BCUT2D eigenvalue weighted by Crippen LogP contribution is 2.25. The Labute approximate surface area is 80.7 Å². The minimum atomic E-state index is 0.236. The van der Waals surface area contributed by atoms with E-state index in [1.807, 2.05) is 0 Å². The van der Waals surface area contributed by atoms with Crippen LogP contribution in [0.5, 0.6) is 0 Å². The smallest absolute Gasteiger partial charge is 0.0568 e. The molecule has 2 aliphatic rings. The molecule has 0 aromatic rings. The second-order valence-corrected chi connectivity index (χ2v) is 4.48. The van der Waals surface area contributed by atoms with E-state index in [9.17, 15) is 0 Å². The zero-order chi connectivity index (χ0) is 9.10. The molecule has 0 aromatic heterocycles. The predicted octanol–water partition coefficient (Wildman–Crippen LogP) is 0.714. The summed E-state index contributed by atoms with van der Waals surface area (Å²) < 4.78 is 0. The van der Waals surface area contributed by atoms with Gasteiger partial charge in [-0.1, -0.05) is 12.8 Å². The molecule has 76 valence electrons. The Morgan fingerprint density at radius 1 is 1.23 bits per heavy atom. The van der Waals surface area contributed by atoms with Gasteiger partial charge in [0.1, 0.15) is 0 Å². The van der Waals surface area contributed by atoms with Crippen molar-refractivity contribution in [2.24, 2.45) is 11.7 Å². The van der Waals surface area contributed by atoms with Crippen molar-refractivity contribution in [2.45, 2.75) is 38.3 Å². The van der Waals surface area contributed by atoms with Crippen LogP contribution in [0.2, 0.25) is 0 Å². The van der Waals surface area contributed by atoms with Gasteiger partial charge < -0.3 is 5.73 Å². The lowest BCUT2D eigenvalue weighted by molar-refractivity contribution is 0.160. The van der Waals surface area contributed by atoms with Gasteiger partial charge >= 0.3 is 0 Å². The molecule has 13 heavy (non-hydrogen) atoms. The van der Waals surface area contributed by atoms with Gasteiger partial charge in [-0.15, -0.1) is 0 Å². The summed E-state index contributed by atoms with van der Waals surface area (Å²) in [5.74, 6) is 0.969. The van der Waals surface area contributed by atoms with Gasteiger partial charge in [0.25, 0.3) is 0 Å². The zero-order valence-electron chi connectivity index (χ0n) is 8.34. The molecule has 1 aliphatic carbocycles. The van der Waals surface area contributed by atoms with Crippen LogP contribution in [-0.2, 0) is 0 Å². The summed E-state index contributed by atoms with van der Waals surface area (Å²) in [7, 11) is 0. The first-order valence-corrected chi connectivity index (χ1v) is 5.56. The monoisotopic (exact) mass is 183 g/mol. The van der Waals surface area contributed by atoms with E-state index in [2.05, 4.69) is 10.2 Å². The quantitative estimate of drug-likeness (QED) is 0.662. The summed E-state index contributed by atoms with van der Waals surface area (Å²) in [6.45, 7) is 3.47. The van der Waals surface area contributed by atoms with Gasteiger partial charge in [-0.2, -0.15) is 0 Å². The first-order chi connectivity index (χ1) is 6.34. The molecule has 3 nitrogen and oxygen atoms in total. The molecule has 1 heterocycles. The molecule has 3 heteroatoms. The van der Waals surface area contributed by atoms with E-state index in [4.69, 9.17) is 5.73 Å². The molecule has 1 saturated carbocycles. The number of hydrogen-bond donors (Lipinski definition) is 2. The van der Waals surface area contributed by atoms with Crippen LogP contribution in [0.25, 0.3) is 0 Å². The van der Waals surface area contributed by atoms with Gasteiger partial charge in [-0.25, -0.2) is 0 Å². The molecule has 2 rings (SSSR count). The summed E-state index contributed by atoms with van der Waals surface area (Å²) in [5.41, 5.74) is 5.77. The predicted molar refractivity (Wildman–Crippen MR) is 54.1 cm³/mol. The van der Waals surface area contributed by atoms with Crippen molar-refractivity contribution in [3.8, 4) is 0 Å². The lowest BCUT2D eigenvalue weighted by atomic mass is 10.1. The van der Waals surface area contributed by atoms with Crippen LogP contribution in [-0.4, -0.2) is 30.8 Å². The molecule has 1 atom stereocenters. The van der Waals surface area contributed by atoms with Crippen molar-refractivity contribution < 1.29 is 0 Å². The number of rotatable bonds is 2. The molecule has 0 bridgehead atoms. The van der Waals surface area contributed by atoms with E-state index < -0.39 is 0 Å². The van der Waals surface area contributed by atoms with Crippen molar-refractivity contribution in [3.05, 3.63) is 0 Å². The normalized spacial score (nSPS) is 32.5. The van der Waals surface area contributed by atoms with Gasteiger partial charge in [0.15, 0.2) is 0 Å². The van der Waals surface area contributed by atoms with Gasteiger partial charge in [0, 0.05) is 19.8 Å². The third-order valence-corrected chi connectivity index (χ3v) is 3.32. The summed E-state index contributed by atoms with van der Waals surface area (Å²) in [6, 6.07) is 0. The van der Waals surface area contributed by atoms with E-state index in [1.54, 1.807) is 0 Å². The summed E-state index contributed by atoms with van der Waals surface area (Å²) in [4.78, 5) is 2.51. The Kier molecular flexibility index (Phi) is 3.19. The number of nitrogens with one attached hydrogen (secondary N) is 1. The fourth-order valence-corrected chi connectivity index (χ4v) is 2.46. The zero-order valence-corrected chi connectivity index (χ0v) is 8.34. The molecule has 0 spiro atoms. The Morgan fingerprint density at radius 2 is 2.00 bits per heavy atom. The minimum absolute atomic E-state index is 0.236. The highest BCUT2D eigenvalue weighted by Gasteiger charge is 2.21. The summed E-state index contributed by atoms with van der Waals surface area (Å²) in [5, 5.41) is 3.31. The Hall–Kier alpha value is -0.120. The third-order valence-electron chi connectivity index (χ3n) is 3.32. The Bertz CT molecular complexity index is 146. The topological polar surface area (TPSA) is 41.3 Å².